The van der Waals surface area contributed by atoms with Crippen molar-refractivity contribution in [1.82, 2.24) is 24.6 Å². The summed E-state index contributed by atoms with van der Waals surface area (Å²) in [5, 5.41) is 0. The summed E-state index contributed by atoms with van der Waals surface area (Å²) in [6.07, 6.45) is 9.83. The van der Waals surface area contributed by atoms with Gasteiger partial charge in [-0.1, -0.05) is 23.3 Å². The van der Waals surface area contributed by atoms with E-state index in [9.17, 15) is 19.2 Å². The number of pyridine rings is 1. The number of carbonyl (C=O) groups is 4. The summed E-state index contributed by atoms with van der Waals surface area (Å²) in [6, 6.07) is 9.91. The van der Waals surface area contributed by atoms with Crippen LogP contribution in [0.1, 0.15) is 85.0 Å². The molecule has 0 spiro atoms. The molecule has 5 aliphatic rings. The van der Waals surface area contributed by atoms with Gasteiger partial charge in [-0.05, 0) is 52.2 Å². The van der Waals surface area contributed by atoms with Crippen molar-refractivity contribution in [3.05, 3.63) is 82.2 Å². The Morgan fingerprint density at radius 2 is 1.22 bits per heavy atom. The zero-order valence-corrected chi connectivity index (χ0v) is 46.2. The average molecular weight is 1090 g/mol. The van der Waals surface area contributed by atoms with Gasteiger partial charge < -0.3 is 62.1 Å². The molecule has 0 N–H and O–H groups in total. The van der Waals surface area contributed by atoms with E-state index in [1.54, 1.807) is 48.2 Å². The molecule has 6 heterocycles. The molecule has 1 aromatic heterocycles. The third-order valence-electron chi connectivity index (χ3n) is 14.2. The second kappa shape index (κ2) is 29.3. The molecule has 3 aromatic rings. The Balaban J connectivity index is 0.934. The van der Waals surface area contributed by atoms with Crippen molar-refractivity contribution in [3.8, 4) is 28.7 Å². The number of allylic oxidation sites excluding steroid dienone is 2. The van der Waals surface area contributed by atoms with Crippen molar-refractivity contribution in [3.63, 3.8) is 0 Å². The smallest absolute Gasteiger partial charge is 0.305 e. The van der Waals surface area contributed by atoms with Gasteiger partial charge in [0.05, 0.1) is 133 Å². The highest BCUT2D eigenvalue weighted by Gasteiger charge is 2.36. The molecule has 79 heavy (non-hydrogen) atoms. The van der Waals surface area contributed by atoms with E-state index in [1.807, 2.05) is 48.2 Å². The van der Waals surface area contributed by atoms with Crippen LogP contribution in [0.3, 0.4) is 0 Å². The molecule has 8 rings (SSSR count). The van der Waals surface area contributed by atoms with Gasteiger partial charge in [0.15, 0.2) is 23.0 Å². The lowest BCUT2D eigenvalue weighted by atomic mass is 10.1. The Hall–Kier alpha value is -6.91. The number of nitrogens with zero attached hydrogens (tertiary/aromatic N) is 7. The number of ether oxygens (including phenoxy) is 10. The summed E-state index contributed by atoms with van der Waals surface area (Å²) in [6.45, 7) is 14.2. The summed E-state index contributed by atoms with van der Waals surface area (Å²) in [7, 11) is 3.03. The third-order valence-corrected chi connectivity index (χ3v) is 14.2. The van der Waals surface area contributed by atoms with Crippen LogP contribution in [0.15, 0.2) is 69.7 Å². The molecule has 0 saturated carbocycles. The van der Waals surface area contributed by atoms with E-state index in [-0.39, 0.29) is 88.2 Å². The first kappa shape index (κ1) is 58.2. The number of amides is 3. The number of aromatic nitrogens is 1. The zero-order valence-electron chi connectivity index (χ0n) is 46.2. The first-order valence-electron chi connectivity index (χ1n) is 27.3. The van der Waals surface area contributed by atoms with E-state index in [1.165, 1.54) is 25.4 Å². The van der Waals surface area contributed by atoms with Crippen LogP contribution >= 0.6 is 0 Å². The zero-order chi connectivity index (χ0) is 55.5. The van der Waals surface area contributed by atoms with Crippen LogP contribution in [-0.2, 0) is 46.5 Å². The minimum absolute atomic E-state index is 0.0470. The number of carbonyl (C=O) groups excluding carboxylic acids is 4. The molecule has 3 amide bonds. The quantitative estimate of drug-likeness (QED) is 0.0422. The number of methoxy groups -OCH3 is 2. The third kappa shape index (κ3) is 15.9. The number of morpholine rings is 1. The van der Waals surface area contributed by atoms with Gasteiger partial charge in [0, 0.05) is 82.4 Å². The van der Waals surface area contributed by atoms with Crippen LogP contribution in [0.4, 0.5) is 11.4 Å². The number of hydrogen-bond acceptors (Lipinski definition) is 18. The molecular weight excluding hydrogens is 1020 g/mol. The van der Waals surface area contributed by atoms with Gasteiger partial charge in [0.2, 0.25) is 5.91 Å². The largest absolute Gasteiger partial charge is 0.493 e. The lowest BCUT2D eigenvalue weighted by molar-refractivity contribution is -0.144. The molecule has 0 aliphatic carbocycles. The molecule has 21 nitrogen and oxygen atoms in total. The topological polar surface area (TPSA) is 211 Å². The predicted octanol–water partition coefficient (Wildman–Crippen LogP) is 6.33. The fourth-order valence-corrected chi connectivity index (χ4v) is 9.84. The first-order chi connectivity index (χ1) is 38.6. The van der Waals surface area contributed by atoms with Gasteiger partial charge in [-0.2, -0.15) is 0 Å². The van der Waals surface area contributed by atoms with Crippen LogP contribution in [0.5, 0.6) is 28.7 Å². The number of esters is 1. The number of hydrogen-bond donors (Lipinski definition) is 0. The molecule has 0 unspecified atom stereocenters. The molecule has 5 aliphatic heterocycles. The Kier molecular flexibility index (Phi) is 21.6. The van der Waals surface area contributed by atoms with Gasteiger partial charge in [0.1, 0.15) is 25.6 Å². The highest BCUT2D eigenvalue weighted by atomic mass is 16.5. The number of aliphatic imine (C=N–C) groups is 2. The maximum absolute atomic E-state index is 13.8. The van der Waals surface area contributed by atoms with Gasteiger partial charge in [0.25, 0.3) is 11.8 Å². The summed E-state index contributed by atoms with van der Waals surface area (Å²) >= 11 is 0. The van der Waals surface area contributed by atoms with Gasteiger partial charge in [-0.25, -0.2) is 0 Å². The maximum atomic E-state index is 13.8. The molecule has 3 fully saturated rings. The Morgan fingerprint density at radius 3 is 1.75 bits per heavy atom. The summed E-state index contributed by atoms with van der Waals surface area (Å²) in [5.41, 5.74) is 5.06. The van der Waals surface area contributed by atoms with Gasteiger partial charge in [-0.3, -0.25) is 39.0 Å². The number of fused-ring (bicyclic) bond motifs is 4. The molecule has 426 valence electrons. The van der Waals surface area contributed by atoms with Crippen LogP contribution in [0, 0.1) is 0 Å². The molecule has 2 atom stereocenters. The SMILES string of the molecule is C/C=C1\C[C@H]2C=Nc3cc(OCc4cc(OCCN(CCCC(=O)OCC)C(=O)CCOCCOCCOCCN5CCOCC5)cc(COc5cc6c(cc5OC)C(=O)N5C/C(=C/C)C[C@H]5C=N6)n4)c(OC)cc3C(=O)N2C1. The Morgan fingerprint density at radius 1 is 0.671 bits per heavy atom. The van der Waals surface area contributed by atoms with E-state index >= 15 is 0 Å². The van der Waals surface area contributed by atoms with Crippen molar-refractivity contribution in [2.45, 2.75) is 78.2 Å². The van der Waals surface area contributed by atoms with E-state index in [0.29, 0.717) is 122 Å². The fourth-order valence-electron chi connectivity index (χ4n) is 9.84. The van der Waals surface area contributed by atoms with Crippen molar-refractivity contribution in [2.24, 2.45) is 9.98 Å². The standard InChI is InChI=1S/C58H75N7O14/c1-6-40-26-44-34-59-49-32-53(51(70-4)30-47(49)57(68)64(44)36-40)78-38-42-28-46(29-43(61-42)39-79-54-33-50-48(31-52(54)71-5)58(69)65-37-41(7-2)27-45(65)35-60-50)77-21-16-63(12-9-10-56(67)76-8-3)55(66)11-17-72-22-24-75-25-23-74-20-15-62-13-18-73-19-14-62/h6-7,28-35,44-45H,8-27,36-39H2,1-5H3/b40-6+,41-7+/t44-,45-/m0/s1. The second-order valence-corrected chi connectivity index (χ2v) is 19.4. The van der Waals surface area contributed by atoms with Crippen molar-refractivity contribution < 1.29 is 66.5 Å². The van der Waals surface area contributed by atoms with E-state index < -0.39 is 0 Å². The molecule has 2 aromatic carbocycles. The van der Waals surface area contributed by atoms with Crippen LogP contribution in [0.25, 0.3) is 0 Å². The van der Waals surface area contributed by atoms with Crippen LogP contribution < -0.4 is 23.7 Å². The molecule has 0 bridgehead atoms. The first-order valence-corrected chi connectivity index (χ1v) is 27.3. The minimum Gasteiger partial charge on any atom is -0.493 e. The lowest BCUT2D eigenvalue weighted by Crippen LogP contribution is -2.38. The molecular formula is C58H75N7O14. The van der Waals surface area contributed by atoms with E-state index in [2.05, 4.69) is 4.90 Å². The van der Waals surface area contributed by atoms with Crippen LogP contribution in [-0.4, -0.2) is 199 Å². The Bertz CT molecular complexity index is 2590. The maximum Gasteiger partial charge on any atom is 0.305 e. The van der Waals surface area contributed by atoms with Crippen molar-refractivity contribution in [1.29, 1.82) is 0 Å². The predicted molar refractivity (Wildman–Crippen MR) is 294 cm³/mol. The molecule has 21 heteroatoms. The average Bonchev–Trinajstić information content (AvgIpc) is 4.16. The summed E-state index contributed by atoms with van der Waals surface area (Å²) < 4.78 is 58.4. The summed E-state index contributed by atoms with van der Waals surface area (Å²) in [4.78, 5) is 75.5. The van der Waals surface area contributed by atoms with Gasteiger partial charge >= 0.3 is 5.97 Å². The normalized spacial score (nSPS) is 18.7. The highest BCUT2D eigenvalue weighted by molar-refractivity contribution is 6.05. The molecule has 0 radical (unpaired) electrons. The minimum atomic E-state index is -0.334. The van der Waals surface area contributed by atoms with Crippen molar-refractivity contribution >= 4 is 47.5 Å². The van der Waals surface area contributed by atoms with E-state index in [0.717, 1.165) is 45.7 Å². The molecule has 3 saturated heterocycles. The monoisotopic (exact) mass is 1090 g/mol. The summed E-state index contributed by atoms with van der Waals surface area (Å²) in [5.74, 6) is 1.07. The number of rotatable bonds is 29. The lowest BCUT2D eigenvalue weighted by Gasteiger charge is -2.26. The van der Waals surface area contributed by atoms with E-state index in [4.69, 9.17) is 62.3 Å². The van der Waals surface area contributed by atoms with Crippen molar-refractivity contribution in [2.75, 3.05) is 126 Å². The Labute approximate surface area is 462 Å². The van der Waals surface area contributed by atoms with Crippen LogP contribution in [0.2, 0.25) is 0 Å². The second-order valence-electron chi connectivity index (χ2n) is 19.4. The fraction of sp³-hybridized carbons (Fsp3) is 0.534. The highest BCUT2D eigenvalue weighted by Crippen LogP contribution is 2.41. The number of benzene rings is 2. The van der Waals surface area contributed by atoms with Gasteiger partial charge in [-0.15, -0.1) is 0 Å².